The van der Waals surface area contributed by atoms with Crippen LogP contribution in [0, 0.1) is 5.41 Å². The molecule has 0 spiro atoms. The SMILES string of the molecule is CO[C@H](OCCOCCOCCNC(=O)CCOCC(C)(COCCC(=O)NCCOCCOCCO[C@@H](O)C(O)C(O)[C@H](O)CCO)COCCC(=O)NCCOCCOCCO[C@@H](O)C(O)C(O)[C@H](O)CCO)C(O)C(O)[C@H](O)CCO. The predicted octanol–water partition coefficient (Wildman–Crippen LogP) is -8.28. The molecule has 6 unspecified atom stereocenters. The lowest BCUT2D eigenvalue weighted by molar-refractivity contribution is -0.219. The van der Waals surface area contributed by atoms with Crippen molar-refractivity contribution in [3.05, 3.63) is 0 Å². The molecular weight excluding hydrogens is 1130 g/mol. The van der Waals surface area contributed by atoms with Crippen molar-refractivity contribution in [1.29, 1.82) is 0 Å². The summed E-state index contributed by atoms with van der Waals surface area (Å²) in [6, 6.07) is 0. The van der Waals surface area contributed by atoms with Gasteiger partial charge in [0.25, 0.3) is 0 Å². The van der Waals surface area contributed by atoms with Gasteiger partial charge in [-0.1, -0.05) is 6.92 Å². The van der Waals surface area contributed by atoms with Crippen molar-refractivity contribution in [2.24, 2.45) is 5.41 Å². The number of hydrogen-bond donors (Lipinski definition) is 17. The molecule has 0 aromatic carbocycles. The maximum absolute atomic E-state index is 12.5. The molecule has 0 aromatic heterocycles. The quantitative estimate of drug-likeness (QED) is 0.0199. The number of carbonyl (C=O) groups is 3. The van der Waals surface area contributed by atoms with E-state index < -0.39 is 92.4 Å². The van der Waals surface area contributed by atoms with Crippen LogP contribution in [-0.4, -0.2) is 348 Å². The molecule has 33 heteroatoms. The fourth-order valence-corrected chi connectivity index (χ4v) is 6.87. The van der Waals surface area contributed by atoms with E-state index in [4.69, 9.17) is 76.9 Å². The second-order valence-corrected chi connectivity index (χ2v) is 19.1. The minimum Gasteiger partial charge on any atom is -0.396 e. The topological polar surface area (TPSA) is 491 Å². The van der Waals surface area contributed by atoms with E-state index in [1.165, 1.54) is 7.11 Å². The molecule has 0 rings (SSSR count). The fourth-order valence-electron chi connectivity index (χ4n) is 6.87. The number of amides is 3. The molecule has 500 valence electrons. The van der Waals surface area contributed by atoms with Gasteiger partial charge in [0.2, 0.25) is 17.7 Å². The van der Waals surface area contributed by atoms with E-state index in [0.29, 0.717) is 0 Å². The molecule has 0 saturated heterocycles. The van der Waals surface area contributed by atoms with Crippen LogP contribution in [0.4, 0.5) is 0 Å². The molecule has 0 aliphatic carbocycles. The van der Waals surface area contributed by atoms with Crippen LogP contribution in [-0.2, 0) is 76.0 Å². The maximum Gasteiger partial charge on any atom is 0.222 e. The number of aliphatic hydroxyl groups excluding tert-OH is 14. The third-order valence-electron chi connectivity index (χ3n) is 11.7. The smallest absolute Gasteiger partial charge is 0.222 e. The summed E-state index contributed by atoms with van der Waals surface area (Å²) < 4.78 is 70.3. The molecule has 0 saturated carbocycles. The van der Waals surface area contributed by atoms with Gasteiger partial charge in [0.15, 0.2) is 18.9 Å². The minimum atomic E-state index is -1.80. The Morgan fingerprint density at radius 1 is 0.357 bits per heavy atom. The van der Waals surface area contributed by atoms with E-state index in [-0.39, 0.29) is 221 Å². The maximum atomic E-state index is 12.5. The van der Waals surface area contributed by atoms with Crippen molar-refractivity contribution in [3.8, 4) is 0 Å². The van der Waals surface area contributed by atoms with Crippen LogP contribution in [0.25, 0.3) is 0 Å². The molecule has 17 N–H and O–H groups in total. The summed E-state index contributed by atoms with van der Waals surface area (Å²) in [6.07, 6.45) is -19.8. The lowest BCUT2D eigenvalue weighted by Gasteiger charge is -2.29. The van der Waals surface area contributed by atoms with E-state index in [1.807, 2.05) is 6.92 Å². The number of rotatable bonds is 61. The molecule has 12 atom stereocenters. The summed E-state index contributed by atoms with van der Waals surface area (Å²) in [5.74, 6) is -0.888. The van der Waals surface area contributed by atoms with Gasteiger partial charge < -0.3 is 149 Å². The van der Waals surface area contributed by atoms with Crippen molar-refractivity contribution >= 4 is 17.7 Å². The van der Waals surface area contributed by atoms with Gasteiger partial charge in [0.1, 0.15) is 36.6 Å². The van der Waals surface area contributed by atoms with Crippen molar-refractivity contribution in [1.82, 2.24) is 16.0 Å². The average Bonchev–Trinajstić information content (AvgIpc) is 3.53. The summed E-state index contributed by atoms with van der Waals surface area (Å²) in [5, 5.41) is 143. The third-order valence-corrected chi connectivity index (χ3v) is 11.7. The lowest BCUT2D eigenvalue weighted by atomic mass is 9.94. The number of carbonyl (C=O) groups excluding carboxylic acids is 3. The molecule has 0 aromatic rings. The van der Waals surface area contributed by atoms with Crippen molar-refractivity contribution in [2.45, 2.75) is 119 Å². The van der Waals surface area contributed by atoms with Gasteiger partial charge in [0, 0.05) is 71.2 Å². The molecule has 0 bridgehead atoms. The predicted molar refractivity (Wildman–Crippen MR) is 288 cm³/mol. The van der Waals surface area contributed by atoms with Crippen LogP contribution >= 0.6 is 0 Å². The monoisotopic (exact) mass is 1240 g/mol. The van der Waals surface area contributed by atoms with Crippen LogP contribution in [0.2, 0.25) is 0 Å². The van der Waals surface area contributed by atoms with Gasteiger partial charge in [-0.05, 0) is 19.3 Å². The average molecular weight is 1240 g/mol. The summed E-state index contributed by atoms with van der Waals surface area (Å²) in [7, 11) is 1.26. The van der Waals surface area contributed by atoms with Gasteiger partial charge in [-0.15, -0.1) is 0 Å². The Bertz CT molecular complexity index is 1490. The van der Waals surface area contributed by atoms with Gasteiger partial charge in [-0.2, -0.15) is 0 Å². The second kappa shape index (κ2) is 53.4. The molecule has 84 heavy (non-hydrogen) atoms. The highest BCUT2D eigenvalue weighted by Gasteiger charge is 2.34. The van der Waals surface area contributed by atoms with Gasteiger partial charge in [-0.25, -0.2) is 0 Å². The largest absolute Gasteiger partial charge is 0.396 e. The summed E-state index contributed by atoms with van der Waals surface area (Å²) in [5.41, 5.74) is -0.767. The first-order valence-electron chi connectivity index (χ1n) is 28.0. The summed E-state index contributed by atoms with van der Waals surface area (Å²) in [6.45, 7) is 3.11. The van der Waals surface area contributed by atoms with Crippen LogP contribution in [0.1, 0.15) is 45.4 Å². The fraction of sp³-hybridized carbons (Fsp3) is 0.941. The second-order valence-electron chi connectivity index (χ2n) is 19.1. The van der Waals surface area contributed by atoms with Gasteiger partial charge in [-0.3, -0.25) is 14.4 Å². The van der Waals surface area contributed by atoms with Gasteiger partial charge in [0.05, 0.1) is 157 Å². The number of methoxy groups -OCH3 is 1. The number of aliphatic hydroxyl groups is 14. The van der Waals surface area contributed by atoms with E-state index in [9.17, 15) is 70.6 Å². The molecular formula is C51H101N3O30. The number of nitrogens with one attached hydrogen (secondary N) is 3. The summed E-state index contributed by atoms with van der Waals surface area (Å²) >= 11 is 0. The number of hydrogen-bond acceptors (Lipinski definition) is 30. The van der Waals surface area contributed by atoms with Crippen LogP contribution in [0.5, 0.6) is 0 Å². The molecule has 3 amide bonds. The first-order chi connectivity index (χ1) is 40.3. The van der Waals surface area contributed by atoms with E-state index in [0.717, 1.165) is 0 Å². The van der Waals surface area contributed by atoms with Crippen LogP contribution in [0.3, 0.4) is 0 Å². The standard InChI is InChI=1S/C51H101N3O30/c1-51(33-79-15-6-39(61)52-9-18-73-21-24-76-27-30-82-48(70)45(67)42(64)36(58)3-12-55,34-80-16-7-40(62)53-10-19-74-22-25-77-28-31-83-49(71)46(68)43(65)37(59)4-13-56)35-81-17-8-41(63)54-11-20-75-23-26-78-29-32-84-50(72-2)47(69)44(66)38(60)5-14-57/h36-38,42-50,55-60,64-71H,3-35H2,1-2H3,(H,52,61)(H,53,62)(H,54,63)/t36-,37-,38-,42?,43?,44?,45?,46?,47?,48-,49-,50-,51?/m1/s1. The first kappa shape index (κ1) is 81.3. The van der Waals surface area contributed by atoms with Crippen molar-refractivity contribution in [2.75, 3.05) is 185 Å². The highest BCUT2D eigenvalue weighted by molar-refractivity contribution is 5.76. The van der Waals surface area contributed by atoms with Gasteiger partial charge >= 0.3 is 0 Å². The minimum absolute atomic E-state index is 0.00560. The number of ether oxygens (including phenoxy) is 13. The highest BCUT2D eigenvalue weighted by Crippen LogP contribution is 2.19. The molecule has 0 heterocycles. The van der Waals surface area contributed by atoms with Crippen LogP contribution in [0.15, 0.2) is 0 Å². The Morgan fingerprint density at radius 2 is 0.631 bits per heavy atom. The molecule has 0 fully saturated rings. The highest BCUT2D eigenvalue weighted by atomic mass is 16.7. The first-order valence-corrected chi connectivity index (χ1v) is 28.0. The zero-order valence-corrected chi connectivity index (χ0v) is 48.6. The van der Waals surface area contributed by atoms with E-state index >= 15 is 0 Å². The summed E-state index contributed by atoms with van der Waals surface area (Å²) in [4.78, 5) is 37.5. The normalized spacial score (nSPS) is 17.0. The molecule has 0 radical (unpaired) electrons. The van der Waals surface area contributed by atoms with Crippen LogP contribution < -0.4 is 16.0 Å². The lowest BCUT2D eigenvalue weighted by Crippen LogP contribution is -2.46. The van der Waals surface area contributed by atoms with Crippen molar-refractivity contribution in [3.63, 3.8) is 0 Å². The zero-order chi connectivity index (χ0) is 62.8. The Morgan fingerprint density at radius 3 is 0.929 bits per heavy atom. The molecule has 0 aliphatic rings. The van der Waals surface area contributed by atoms with E-state index in [1.54, 1.807) is 0 Å². The molecule has 33 nitrogen and oxygen atoms in total. The Kier molecular flexibility index (Phi) is 51.7. The van der Waals surface area contributed by atoms with E-state index in [2.05, 4.69) is 16.0 Å². The Labute approximate surface area is 490 Å². The van der Waals surface area contributed by atoms with Crippen molar-refractivity contribution < 1.29 is 147 Å². The third kappa shape index (κ3) is 42.3. The Balaban J connectivity index is 4.68. The zero-order valence-electron chi connectivity index (χ0n) is 48.6. The molecule has 0 aliphatic heterocycles. The Hall–Kier alpha value is -2.67.